The van der Waals surface area contributed by atoms with Gasteiger partial charge in [0.15, 0.2) is 0 Å². The number of carbonyl (C=O) groups is 2. The van der Waals surface area contributed by atoms with Crippen molar-refractivity contribution in [2.45, 2.75) is 0 Å². The SMILES string of the molecule is NC(=O)CNC(=O)c1cc([N+](=O)[O-])ccc1Cl. The van der Waals surface area contributed by atoms with Gasteiger partial charge in [-0.1, -0.05) is 11.6 Å². The number of nitro groups is 1. The number of primary amides is 1. The molecule has 0 saturated heterocycles. The van der Waals surface area contributed by atoms with Crippen LogP contribution in [0, 0.1) is 10.1 Å². The molecule has 8 heteroatoms. The van der Waals surface area contributed by atoms with E-state index < -0.39 is 16.7 Å². The lowest BCUT2D eigenvalue weighted by Crippen LogP contribution is -2.33. The average molecular weight is 258 g/mol. The van der Waals surface area contributed by atoms with Gasteiger partial charge in [0, 0.05) is 12.1 Å². The summed E-state index contributed by atoms with van der Waals surface area (Å²) in [4.78, 5) is 31.8. The fraction of sp³-hybridized carbons (Fsp3) is 0.111. The van der Waals surface area contributed by atoms with E-state index in [4.69, 9.17) is 17.3 Å². The number of amides is 2. The Kier molecular flexibility index (Phi) is 4.00. The van der Waals surface area contributed by atoms with Crippen molar-refractivity contribution < 1.29 is 14.5 Å². The van der Waals surface area contributed by atoms with Crippen LogP contribution in [0.3, 0.4) is 0 Å². The second kappa shape index (κ2) is 5.26. The van der Waals surface area contributed by atoms with Crippen molar-refractivity contribution >= 4 is 29.1 Å². The van der Waals surface area contributed by atoms with Gasteiger partial charge in [0.2, 0.25) is 5.91 Å². The molecule has 1 aromatic carbocycles. The first kappa shape index (κ1) is 12.9. The normalized spacial score (nSPS) is 9.71. The first-order chi connectivity index (χ1) is 7.91. The summed E-state index contributed by atoms with van der Waals surface area (Å²) in [5.41, 5.74) is 4.49. The third-order valence-corrected chi connectivity index (χ3v) is 2.16. The molecule has 0 radical (unpaired) electrons. The van der Waals surface area contributed by atoms with Gasteiger partial charge < -0.3 is 11.1 Å². The van der Waals surface area contributed by atoms with Gasteiger partial charge in [-0.05, 0) is 6.07 Å². The molecule has 2 amide bonds. The Morgan fingerprint density at radius 1 is 1.47 bits per heavy atom. The molecule has 1 rings (SSSR count). The van der Waals surface area contributed by atoms with Crippen LogP contribution < -0.4 is 11.1 Å². The molecular weight excluding hydrogens is 250 g/mol. The second-order valence-corrected chi connectivity index (χ2v) is 3.48. The first-order valence-electron chi connectivity index (χ1n) is 4.42. The molecule has 0 unspecified atom stereocenters. The Morgan fingerprint density at radius 3 is 2.65 bits per heavy atom. The van der Waals surface area contributed by atoms with E-state index >= 15 is 0 Å². The second-order valence-electron chi connectivity index (χ2n) is 3.07. The van der Waals surface area contributed by atoms with Gasteiger partial charge in [0.1, 0.15) is 0 Å². The highest BCUT2D eigenvalue weighted by atomic mass is 35.5. The van der Waals surface area contributed by atoms with E-state index in [9.17, 15) is 19.7 Å². The number of nitro benzene ring substituents is 1. The molecule has 17 heavy (non-hydrogen) atoms. The van der Waals surface area contributed by atoms with Crippen LogP contribution in [-0.2, 0) is 4.79 Å². The molecule has 0 aliphatic carbocycles. The van der Waals surface area contributed by atoms with Crippen LogP contribution in [0.2, 0.25) is 5.02 Å². The quantitative estimate of drug-likeness (QED) is 0.602. The van der Waals surface area contributed by atoms with E-state index in [-0.39, 0.29) is 22.8 Å². The van der Waals surface area contributed by atoms with E-state index in [1.807, 2.05) is 0 Å². The number of nitrogens with one attached hydrogen (secondary N) is 1. The summed E-state index contributed by atoms with van der Waals surface area (Å²) in [6, 6.07) is 3.44. The summed E-state index contributed by atoms with van der Waals surface area (Å²) >= 11 is 5.71. The summed E-state index contributed by atoms with van der Waals surface area (Å²) in [6.45, 7) is -0.363. The minimum absolute atomic E-state index is 0.0533. The third kappa shape index (κ3) is 3.42. The molecule has 90 valence electrons. The van der Waals surface area contributed by atoms with Crippen molar-refractivity contribution in [3.8, 4) is 0 Å². The van der Waals surface area contributed by atoms with Crippen LogP contribution in [-0.4, -0.2) is 23.3 Å². The minimum atomic E-state index is -0.722. The molecule has 0 aliphatic heterocycles. The number of nitrogens with zero attached hydrogens (tertiary/aromatic N) is 1. The van der Waals surface area contributed by atoms with Gasteiger partial charge in [-0.2, -0.15) is 0 Å². The van der Waals surface area contributed by atoms with Crippen molar-refractivity contribution in [2.75, 3.05) is 6.54 Å². The van der Waals surface area contributed by atoms with Gasteiger partial charge in [0.25, 0.3) is 11.6 Å². The van der Waals surface area contributed by atoms with Crippen molar-refractivity contribution in [1.82, 2.24) is 5.32 Å². The van der Waals surface area contributed by atoms with Crippen LogP contribution in [0.4, 0.5) is 5.69 Å². The molecule has 0 fully saturated rings. The van der Waals surface area contributed by atoms with E-state index in [0.717, 1.165) is 6.07 Å². The first-order valence-corrected chi connectivity index (χ1v) is 4.80. The predicted molar refractivity (Wildman–Crippen MR) is 59.6 cm³/mol. The maximum absolute atomic E-state index is 11.5. The highest BCUT2D eigenvalue weighted by molar-refractivity contribution is 6.34. The topological polar surface area (TPSA) is 115 Å². The monoisotopic (exact) mass is 257 g/mol. The summed E-state index contributed by atoms with van der Waals surface area (Å²) in [7, 11) is 0. The largest absolute Gasteiger partial charge is 0.368 e. The van der Waals surface area contributed by atoms with Gasteiger partial charge in [-0.15, -0.1) is 0 Å². The van der Waals surface area contributed by atoms with Crippen molar-refractivity contribution in [1.29, 1.82) is 0 Å². The molecule has 7 nitrogen and oxygen atoms in total. The molecule has 0 atom stereocenters. The molecule has 0 aromatic heterocycles. The number of benzene rings is 1. The third-order valence-electron chi connectivity index (χ3n) is 1.83. The van der Waals surface area contributed by atoms with Gasteiger partial charge in [0.05, 0.1) is 22.1 Å². The molecule has 0 bridgehead atoms. The number of non-ortho nitro benzene ring substituents is 1. The smallest absolute Gasteiger partial charge is 0.270 e. The maximum Gasteiger partial charge on any atom is 0.270 e. The van der Waals surface area contributed by atoms with Crippen LogP contribution in [0.1, 0.15) is 10.4 Å². The zero-order valence-corrected chi connectivity index (χ0v) is 9.23. The number of carbonyl (C=O) groups excluding carboxylic acids is 2. The number of hydrogen-bond acceptors (Lipinski definition) is 4. The fourth-order valence-electron chi connectivity index (χ4n) is 1.06. The summed E-state index contributed by atoms with van der Waals surface area (Å²) in [6.07, 6.45) is 0. The minimum Gasteiger partial charge on any atom is -0.368 e. The van der Waals surface area contributed by atoms with E-state index in [0.29, 0.717) is 0 Å². The Morgan fingerprint density at radius 2 is 2.12 bits per heavy atom. The average Bonchev–Trinajstić information content (AvgIpc) is 2.26. The van der Waals surface area contributed by atoms with Gasteiger partial charge in [-0.25, -0.2) is 0 Å². The lowest BCUT2D eigenvalue weighted by atomic mass is 10.2. The lowest BCUT2D eigenvalue weighted by molar-refractivity contribution is -0.384. The van der Waals surface area contributed by atoms with E-state index in [1.54, 1.807) is 0 Å². The molecule has 0 saturated carbocycles. The van der Waals surface area contributed by atoms with Gasteiger partial charge >= 0.3 is 0 Å². The Hall–Kier alpha value is -2.15. The van der Waals surface area contributed by atoms with Crippen molar-refractivity contribution in [2.24, 2.45) is 5.73 Å². The molecule has 3 N–H and O–H groups in total. The van der Waals surface area contributed by atoms with Crippen LogP contribution in [0.15, 0.2) is 18.2 Å². The van der Waals surface area contributed by atoms with E-state index in [1.165, 1.54) is 12.1 Å². The van der Waals surface area contributed by atoms with Crippen LogP contribution in [0.5, 0.6) is 0 Å². The standard InChI is InChI=1S/C9H8ClN3O4/c10-7-2-1-5(13(16)17)3-6(7)9(15)12-4-8(11)14/h1-3H,4H2,(H2,11,14)(H,12,15). The van der Waals surface area contributed by atoms with Crippen LogP contribution in [0.25, 0.3) is 0 Å². The zero-order chi connectivity index (χ0) is 13.0. The number of rotatable bonds is 4. The fourth-order valence-corrected chi connectivity index (χ4v) is 1.27. The van der Waals surface area contributed by atoms with E-state index in [2.05, 4.69) is 5.32 Å². The van der Waals surface area contributed by atoms with Gasteiger partial charge in [-0.3, -0.25) is 19.7 Å². The molecule has 0 aliphatic rings. The Balaban J connectivity index is 2.95. The summed E-state index contributed by atoms with van der Waals surface area (Å²) in [5.74, 6) is -1.42. The number of halogens is 1. The highest BCUT2D eigenvalue weighted by Crippen LogP contribution is 2.21. The Labute approximate surface area is 101 Å². The van der Waals surface area contributed by atoms with Crippen molar-refractivity contribution in [3.05, 3.63) is 38.9 Å². The number of nitrogens with two attached hydrogens (primary N) is 1. The molecule has 0 spiro atoms. The maximum atomic E-state index is 11.5. The molecule has 1 aromatic rings. The number of hydrogen-bond donors (Lipinski definition) is 2. The zero-order valence-electron chi connectivity index (χ0n) is 8.47. The van der Waals surface area contributed by atoms with Crippen LogP contribution >= 0.6 is 11.6 Å². The molecule has 0 heterocycles. The lowest BCUT2D eigenvalue weighted by Gasteiger charge is -2.04. The van der Waals surface area contributed by atoms with Crippen molar-refractivity contribution in [3.63, 3.8) is 0 Å². The Bertz CT molecular complexity index is 489. The highest BCUT2D eigenvalue weighted by Gasteiger charge is 2.15. The molecular formula is C9H8ClN3O4. The predicted octanol–water partition coefficient (Wildman–Crippen LogP) is 0.463. The summed E-state index contributed by atoms with van der Waals surface area (Å²) in [5, 5.41) is 12.7. The summed E-state index contributed by atoms with van der Waals surface area (Å²) < 4.78 is 0.